The standard InChI is InChI=1S/C23H27N3O3/c1-2-17-7-9-19(10-8-17)26-16-18(15-22(26)28)23(29)25-13-11-24(12-14-25)20-5-3-4-6-21(20)27/h3-10,18,27H,2,11-16H2,1H3. The molecule has 6 heteroatoms. The van der Waals surface area contributed by atoms with Gasteiger partial charge in [-0.05, 0) is 36.2 Å². The van der Waals surface area contributed by atoms with E-state index in [9.17, 15) is 14.7 Å². The van der Waals surface area contributed by atoms with Gasteiger partial charge in [-0.25, -0.2) is 0 Å². The van der Waals surface area contributed by atoms with E-state index < -0.39 is 0 Å². The summed E-state index contributed by atoms with van der Waals surface area (Å²) in [5, 5.41) is 10.0. The Labute approximate surface area is 171 Å². The lowest BCUT2D eigenvalue weighted by atomic mass is 10.1. The van der Waals surface area contributed by atoms with Crippen molar-refractivity contribution < 1.29 is 14.7 Å². The van der Waals surface area contributed by atoms with Crippen LogP contribution >= 0.6 is 0 Å². The Morgan fingerprint density at radius 3 is 2.38 bits per heavy atom. The van der Waals surface area contributed by atoms with Crippen LogP contribution < -0.4 is 9.80 Å². The maximum atomic E-state index is 13.0. The van der Waals surface area contributed by atoms with Crippen LogP contribution in [0, 0.1) is 5.92 Å². The molecule has 1 unspecified atom stereocenters. The predicted molar refractivity (Wildman–Crippen MR) is 113 cm³/mol. The number of amides is 2. The second kappa shape index (κ2) is 8.15. The van der Waals surface area contributed by atoms with Crippen molar-refractivity contribution in [3.8, 4) is 5.75 Å². The second-order valence-corrected chi connectivity index (χ2v) is 7.73. The minimum absolute atomic E-state index is 0.0143. The minimum Gasteiger partial charge on any atom is -0.506 e. The zero-order valence-electron chi connectivity index (χ0n) is 16.8. The Morgan fingerprint density at radius 1 is 1.03 bits per heavy atom. The molecule has 2 fully saturated rings. The van der Waals surface area contributed by atoms with E-state index in [1.165, 1.54) is 5.56 Å². The molecular formula is C23H27N3O3. The highest BCUT2D eigenvalue weighted by atomic mass is 16.3. The average Bonchev–Trinajstić information content (AvgIpc) is 3.15. The number of carbonyl (C=O) groups excluding carboxylic acids is 2. The Balaban J connectivity index is 1.37. The molecule has 2 amide bonds. The zero-order valence-corrected chi connectivity index (χ0v) is 16.8. The number of anilines is 2. The van der Waals surface area contributed by atoms with Crippen LogP contribution in [0.3, 0.4) is 0 Å². The van der Waals surface area contributed by atoms with Crippen molar-refractivity contribution in [3.63, 3.8) is 0 Å². The lowest BCUT2D eigenvalue weighted by Crippen LogP contribution is -2.50. The third-order valence-corrected chi connectivity index (χ3v) is 5.94. The van der Waals surface area contributed by atoms with Gasteiger partial charge >= 0.3 is 0 Å². The average molecular weight is 393 g/mol. The maximum absolute atomic E-state index is 13.0. The van der Waals surface area contributed by atoms with Crippen molar-refractivity contribution in [2.24, 2.45) is 5.92 Å². The molecule has 0 spiro atoms. The summed E-state index contributed by atoms with van der Waals surface area (Å²) in [6.45, 7) is 5.09. The molecule has 2 heterocycles. The summed E-state index contributed by atoms with van der Waals surface area (Å²) in [5.74, 6) is 0.0480. The van der Waals surface area contributed by atoms with Crippen molar-refractivity contribution in [3.05, 3.63) is 54.1 Å². The van der Waals surface area contributed by atoms with Gasteiger partial charge < -0.3 is 19.8 Å². The lowest BCUT2D eigenvalue weighted by molar-refractivity contribution is -0.136. The Kier molecular flexibility index (Phi) is 5.43. The van der Waals surface area contributed by atoms with Gasteiger partial charge in [-0.15, -0.1) is 0 Å². The summed E-state index contributed by atoms with van der Waals surface area (Å²) in [6, 6.07) is 15.3. The number of phenolic OH excluding ortho intramolecular Hbond substituents is 1. The molecule has 1 N–H and O–H groups in total. The summed E-state index contributed by atoms with van der Waals surface area (Å²) in [6.07, 6.45) is 1.23. The summed E-state index contributed by atoms with van der Waals surface area (Å²) in [4.78, 5) is 31.2. The molecule has 4 rings (SSSR count). The van der Waals surface area contributed by atoms with Gasteiger partial charge in [0.05, 0.1) is 11.6 Å². The molecule has 29 heavy (non-hydrogen) atoms. The van der Waals surface area contributed by atoms with Crippen LogP contribution in [-0.4, -0.2) is 54.5 Å². The van der Waals surface area contributed by atoms with Gasteiger partial charge in [0.25, 0.3) is 0 Å². The molecule has 6 nitrogen and oxygen atoms in total. The first kappa shape index (κ1) is 19.3. The van der Waals surface area contributed by atoms with Crippen molar-refractivity contribution in [1.29, 1.82) is 0 Å². The van der Waals surface area contributed by atoms with Gasteiger partial charge in [0.2, 0.25) is 11.8 Å². The Morgan fingerprint density at radius 2 is 1.72 bits per heavy atom. The quantitative estimate of drug-likeness (QED) is 0.867. The fourth-order valence-corrected chi connectivity index (χ4v) is 4.19. The summed E-state index contributed by atoms with van der Waals surface area (Å²) in [5.41, 5.74) is 2.90. The van der Waals surface area contributed by atoms with E-state index in [-0.39, 0.29) is 29.9 Å². The molecule has 0 bridgehead atoms. The van der Waals surface area contributed by atoms with Crippen molar-refractivity contribution in [2.45, 2.75) is 19.8 Å². The van der Waals surface area contributed by atoms with Gasteiger partial charge in [-0.1, -0.05) is 31.2 Å². The first-order valence-electron chi connectivity index (χ1n) is 10.3. The molecule has 2 saturated heterocycles. The number of hydrogen-bond donors (Lipinski definition) is 1. The van der Waals surface area contributed by atoms with Crippen LogP contribution in [0.15, 0.2) is 48.5 Å². The molecule has 2 aromatic rings. The van der Waals surface area contributed by atoms with E-state index in [1.54, 1.807) is 17.0 Å². The highest BCUT2D eigenvalue weighted by Gasteiger charge is 2.38. The highest BCUT2D eigenvalue weighted by Crippen LogP contribution is 2.29. The SMILES string of the molecule is CCc1ccc(N2CC(C(=O)N3CCN(c4ccccc4O)CC3)CC2=O)cc1. The molecule has 1 atom stereocenters. The van der Waals surface area contributed by atoms with E-state index in [0.717, 1.165) is 17.8 Å². The van der Waals surface area contributed by atoms with Gasteiger partial charge in [-0.2, -0.15) is 0 Å². The van der Waals surface area contributed by atoms with Crippen LogP contribution in [0.25, 0.3) is 0 Å². The van der Waals surface area contributed by atoms with Gasteiger partial charge in [0.1, 0.15) is 5.75 Å². The fraction of sp³-hybridized carbons (Fsp3) is 0.391. The van der Waals surface area contributed by atoms with Gasteiger partial charge in [0, 0.05) is 44.8 Å². The van der Waals surface area contributed by atoms with E-state index in [1.807, 2.05) is 41.3 Å². The van der Waals surface area contributed by atoms with Crippen molar-refractivity contribution in [1.82, 2.24) is 4.90 Å². The number of hydrogen-bond acceptors (Lipinski definition) is 4. The highest BCUT2D eigenvalue weighted by molar-refractivity contribution is 6.00. The van der Waals surface area contributed by atoms with E-state index >= 15 is 0 Å². The molecule has 2 aromatic carbocycles. The number of piperazine rings is 1. The normalized spacial score (nSPS) is 19.7. The summed E-state index contributed by atoms with van der Waals surface area (Å²) in [7, 11) is 0. The Bertz CT molecular complexity index is 888. The molecule has 2 aliphatic heterocycles. The zero-order chi connectivity index (χ0) is 20.4. The smallest absolute Gasteiger partial charge is 0.228 e. The first-order valence-corrected chi connectivity index (χ1v) is 10.3. The van der Waals surface area contributed by atoms with Gasteiger partial charge in [0.15, 0.2) is 0 Å². The molecule has 2 aliphatic rings. The number of phenols is 1. The molecule has 0 saturated carbocycles. The first-order chi connectivity index (χ1) is 14.1. The molecule has 152 valence electrons. The van der Waals surface area contributed by atoms with Crippen LogP contribution in [-0.2, 0) is 16.0 Å². The molecule has 0 radical (unpaired) electrons. The van der Waals surface area contributed by atoms with Crippen LogP contribution in [0.2, 0.25) is 0 Å². The summed E-state index contributed by atoms with van der Waals surface area (Å²) >= 11 is 0. The van der Waals surface area contributed by atoms with Gasteiger partial charge in [-0.3, -0.25) is 9.59 Å². The number of aromatic hydroxyl groups is 1. The number of aryl methyl sites for hydroxylation is 1. The number of carbonyl (C=O) groups is 2. The number of para-hydroxylation sites is 2. The van der Waals surface area contributed by atoms with Crippen LogP contribution in [0.1, 0.15) is 18.9 Å². The van der Waals surface area contributed by atoms with Crippen LogP contribution in [0.5, 0.6) is 5.75 Å². The Hall–Kier alpha value is -3.02. The van der Waals surface area contributed by atoms with Crippen molar-refractivity contribution in [2.75, 3.05) is 42.5 Å². The lowest BCUT2D eigenvalue weighted by Gasteiger charge is -2.37. The second-order valence-electron chi connectivity index (χ2n) is 7.73. The predicted octanol–water partition coefficient (Wildman–Crippen LogP) is 2.66. The topological polar surface area (TPSA) is 64.1 Å². The maximum Gasteiger partial charge on any atom is 0.228 e. The van der Waals surface area contributed by atoms with E-state index in [2.05, 4.69) is 11.8 Å². The summed E-state index contributed by atoms with van der Waals surface area (Å²) < 4.78 is 0. The minimum atomic E-state index is -0.287. The third kappa shape index (κ3) is 3.92. The monoisotopic (exact) mass is 393 g/mol. The fourth-order valence-electron chi connectivity index (χ4n) is 4.19. The van der Waals surface area contributed by atoms with E-state index in [4.69, 9.17) is 0 Å². The number of rotatable bonds is 4. The molecule has 0 aliphatic carbocycles. The molecular weight excluding hydrogens is 366 g/mol. The van der Waals surface area contributed by atoms with Crippen molar-refractivity contribution >= 4 is 23.2 Å². The molecule has 0 aromatic heterocycles. The number of benzene rings is 2. The van der Waals surface area contributed by atoms with E-state index in [0.29, 0.717) is 32.7 Å². The number of nitrogens with zero attached hydrogens (tertiary/aromatic N) is 3. The largest absolute Gasteiger partial charge is 0.506 e. The van der Waals surface area contributed by atoms with Crippen LogP contribution in [0.4, 0.5) is 11.4 Å². The third-order valence-electron chi connectivity index (χ3n) is 5.94.